The van der Waals surface area contributed by atoms with Crippen LogP contribution in [-0.4, -0.2) is 12.7 Å². The van der Waals surface area contributed by atoms with Crippen LogP contribution >= 0.6 is 0 Å². The molecule has 1 aromatic carbocycles. The van der Waals surface area contributed by atoms with Crippen LogP contribution in [0, 0.1) is 0 Å². The van der Waals surface area contributed by atoms with Gasteiger partial charge in [-0.15, -0.1) is 0 Å². The summed E-state index contributed by atoms with van der Waals surface area (Å²) in [5.41, 5.74) is 7.43. The fraction of sp³-hybridized carbons (Fsp3) is 0.600. The first-order chi connectivity index (χ1) is 8.72. The highest BCUT2D eigenvalue weighted by molar-refractivity contribution is 5.44. The van der Waals surface area contributed by atoms with E-state index in [1.807, 2.05) is 18.2 Å². The molecule has 1 saturated carbocycles. The summed E-state index contributed by atoms with van der Waals surface area (Å²) in [6.07, 6.45) is 7.08. The highest BCUT2D eigenvalue weighted by Crippen LogP contribution is 2.46. The third-order valence-electron chi connectivity index (χ3n) is 4.30. The first kappa shape index (κ1) is 11.8. The van der Waals surface area contributed by atoms with Crippen molar-refractivity contribution in [3.8, 4) is 11.5 Å². The Hall–Kier alpha value is -1.22. The first-order valence-corrected chi connectivity index (χ1v) is 6.85. The molecular weight excluding hydrogens is 226 g/mol. The van der Waals surface area contributed by atoms with Crippen LogP contribution in [0.2, 0.25) is 0 Å². The van der Waals surface area contributed by atoms with Gasteiger partial charge in [-0.1, -0.05) is 6.42 Å². The molecule has 1 heterocycles. The lowest BCUT2D eigenvalue weighted by atomic mass is 9.77. The number of rotatable bonds is 1. The normalized spacial score (nSPS) is 25.3. The average molecular weight is 247 g/mol. The van der Waals surface area contributed by atoms with Crippen molar-refractivity contribution in [2.45, 2.75) is 50.2 Å². The van der Waals surface area contributed by atoms with Gasteiger partial charge in [-0.3, -0.25) is 0 Å². The molecule has 1 aromatic rings. The van der Waals surface area contributed by atoms with Gasteiger partial charge in [0.25, 0.3) is 0 Å². The first-order valence-electron chi connectivity index (χ1n) is 6.85. The third kappa shape index (κ3) is 1.97. The van der Waals surface area contributed by atoms with Gasteiger partial charge in [-0.2, -0.15) is 0 Å². The van der Waals surface area contributed by atoms with Crippen molar-refractivity contribution in [3.05, 3.63) is 23.8 Å². The number of nitrogens with two attached hydrogens (primary N) is 1. The van der Waals surface area contributed by atoms with Crippen LogP contribution in [0.15, 0.2) is 18.2 Å². The summed E-state index contributed by atoms with van der Waals surface area (Å²) in [5.74, 6) is 1.81. The molecule has 1 aliphatic heterocycles. The summed E-state index contributed by atoms with van der Waals surface area (Å²) in [5, 5.41) is 0. The van der Waals surface area contributed by atoms with E-state index in [0.29, 0.717) is 0 Å². The molecule has 3 nitrogen and oxygen atoms in total. The average Bonchev–Trinajstić information content (AvgIpc) is 2.39. The smallest absolute Gasteiger partial charge is 0.125 e. The van der Waals surface area contributed by atoms with Gasteiger partial charge in [0.2, 0.25) is 0 Å². The maximum absolute atomic E-state index is 6.34. The molecule has 0 radical (unpaired) electrons. The lowest BCUT2D eigenvalue weighted by molar-refractivity contribution is 0.00184. The van der Waals surface area contributed by atoms with Gasteiger partial charge < -0.3 is 15.2 Å². The van der Waals surface area contributed by atoms with Crippen LogP contribution in [0.3, 0.4) is 0 Å². The summed E-state index contributed by atoms with van der Waals surface area (Å²) < 4.78 is 11.5. The van der Waals surface area contributed by atoms with E-state index >= 15 is 0 Å². The Bertz CT molecular complexity index is 438. The highest BCUT2D eigenvalue weighted by atomic mass is 16.5. The van der Waals surface area contributed by atoms with Crippen LogP contribution in [0.25, 0.3) is 0 Å². The molecule has 0 bridgehead atoms. The number of hydrogen-bond acceptors (Lipinski definition) is 3. The van der Waals surface area contributed by atoms with Crippen molar-refractivity contribution in [2.75, 3.05) is 7.11 Å². The topological polar surface area (TPSA) is 44.5 Å². The molecule has 1 fully saturated rings. The van der Waals surface area contributed by atoms with Gasteiger partial charge in [-0.05, 0) is 43.9 Å². The summed E-state index contributed by atoms with van der Waals surface area (Å²) in [4.78, 5) is 0. The van der Waals surface area contributed by atoms with E-state index in [1.54, 1.807) is 7.11 Å². The minimum Gasteiger partial charge on any atom is -0.497 e. The molecule has 0 aromatic heterocycles. The van der Waals surface area contributed by atoms with Crippen molar-refractivity contribution in [2.24, 2.45) is 5.73 Å². The summed E-state index contributed by atoms with van der Waals surface area (Å²) in [6.45, 7) is 0. The zero-order chi connectivity index (χ0) is 12.6. The SMILES string of the molecule is COc1ccc2c(c1)[C@@H](N)CC1(CCCCC1)O2. The van der Waals surface area contributed by atoms with Gasteiger partial charge in [0, 0.05) is 18.0 Å². The highest BCUT2D eigenvalue weighted by Gasteiger charge is 2.40. The molecule has 98 valence electrons. The molecule has 0 amide bonds. The van der Waals surface area contributed by atoms with E-state index in [-0.39, 0.29) is 11.6 Å². The van der Waals surface area contributed by atoms with E-state index in [4.69, 9.17) is 15.2 Å². The zero-order valence-corrected chi connectivity index (χ0v) is 10.9. The number of hydrogen-bond donors (Lipinski definition) is 1. The molecule has 1 atom stereocenters. The molecule has 3 heteroatoms. The lowest BCUT2D eigenvalue weighted by Gasteiger charge is -2.43. The molecule has 3 rings (SSSR count). The van der Waals surface area contributed by atoms with Gasteiger partial charge in [0.05, 0.1) is 7.11 Å². The van der Waals surface area contributed by atoms with E-state index < -0.39 is 0 Å². The minimum atomic E-state index is -0.000739. The number of benzene rings is 1. The summed E-state index contributed by atoms with van der Waals surface area (Å²) >= 11 is 0. The molecule has 0 unspecified atom stereocenters. The van der Waals surface area contributed by atoms with Crippen molar-refractivity contribution in [3.63, 3.8) is 0 Å². The lowest BCUT2D eigenvalue weighted by Crippen LogP contribution is -2.44. The van der Waals surface area contributed by atoms with Gasteiger partial charge >= 0.3 is 0 Å². The molecule has 0 saturated heterocycles. The Morgan fingerprint density at radius 1 is 1.28 bits per heavy atom. The third-order valence-corrected chi connectivity index (χ3v) is 4.30. The second-order valence-corrected chi connectivity index (χ2v) is 5.56. The maximum Gasteiger partial charge on any atom is 0.125 e. The predicted octanol–water partition coefficient (Wildman–Crippen LogP) is 3.18. The van der Waals surface area contributed by atoms with Crippen molar-refractivity contribution < 1.29 is 9.47 Å². The molecule has 2 N–H and O–H groups in total. The summed E-state index contributed by atoms with van der Waals surface area (Å²) in [6, 6.07) is 6.04. The second kappa shape index (κ2) is 4.47. The van der Waals surface area contributed by atoms with Crippen LogP contribution in [0.4, 0.5) is 0 Å². The Labute approximate surface area is 108 Å². The maximum atomic E-state index is 6.34. The number of ether oxygens (including phenoxy) is 2. The van der Waals surface area contributed by atoms with Crippen molar-refractivity contribution in [1.82, 2.24) is 0 Å². The van der Waals surface area contributed by atoms with Crippen LogP contribution < -0.4 is 15.2 Å². The fourth-order valence-electron chi connectivity index (χ4n) is 3.32. The van der Waals surface area contributed by atoms with Crippen molar-refractivity contribution in [1.29, 1.82) is 0 Å². The van der Waals surface area contributed by atoms with E-state index in [2.05, 4.69) is 0 Å². The van der Waals surface area contributed by atoms with E-state index in [9.17, 15) is 0 Å². The Balaban J connectivity index is 1.92. The second-order valence-electron chi connectivity index (χ2n) is 5.56. The van der Waals surface area contributed by atoms with Gasteiger partial charge in [-0.25, -0.2) is 0 Å². The van der Waals surface area contributed by atoms with Crippen LogP contribution in [0.1, 0.15) is 50.1 Å². The van der Waals surface area contributed by atoms with E-state index in [1.165, 1.54) is 19.3 Å². The molecule has 18 heavy (non-hydrogen) atoms. The van der Waals surface area contributed by atoms with Crippen molar-refractivity contribution >= 4 is 0 Å². The Morgan fingerprint density at radius 2 is 2.06 bits per heavy atom. The van der Waals surface area contributed by atoms with Gasteiger partial charge in [0.1, 0.15) is 17.1 Å². The molecule has 1 spiro atoms. The standard InChI is InChI=1S/C15H21NO2/c1-17-11-5-6-14-12(9-11)13(16)10-15(18-14)7-3-2-4-8-15/h5-6,9,13H,2-4,7-8,10,16H2,1H3/t13-/m0/s1. The van der Waals surface area contributed by atoms with Crippen LogP contribution in [0.5, 0.6) is 11.5 Å². The Kier molecular flexibility index (Phi) is 2.94. The Morgan fingerprint density at radius 3 is 2.78 bits per heavy atom. The van der Waals surface area contributed by atoms with Crippen LogP contribution in [-0.2, 0) is 0 Å². The predicted molar refractivity (Wildman–Crippen MR) is 71.0 cm³/mol. The molecular formula is C15H21NO2. The minimum absolute atomic E-state index is 0.000739. The quantitative estimate of drug-likeness (QED) is 0.829. The molecule has 1 aliphatic carbocycles. The monoisotopic (exact) mass is 247 g/mol. The number of fused-ring (bicyclic) bond motifs is 1. The number of methoxy groups -OCH3 is 1. The van der Waals surface area contributed by atoms with E-state index in [0.717, 1.165) is 36.3 Å². The van der Waals surface area contributed by atoms with Gasteiger partial charge in [0.15, 0.2) is 0 Å². The summed E-state index contributed by atoms with van der Waals surface area (Å²) in [7, 11) is 1.68. The largest absolute Gasteiger partial charge is 0.497 e. The molecule has 2 aliphatic rings. The fourth-order valence-corrected chi connectivity index (χ4v) is 3.32. The zero-order valence-electron chi connectivity index (χ0n) is 10.9.